The highest BCUT2D eigenvalue weighted by molar-refractivity contribution is 6.26. The molecule has 0 atom stereocenters. The first kappa shape index (κ1) is 38.2. The summed E-state index contributed by atoms with van der Waals surface area (Å²) in [7, 11) is 0. The van der Waals surface area contributed by atoms with Crippen LogP contribution in [0.4, 0.5) is 0 Å². The van der Waals surface area contributed by atoms with E-state index in [1.807, 2.05) is 18.2 Å². The predicted octanol–water partition coefficient (Wildman–Crippen LogP) is 17.3. The minimum absolute atomic E-state index is 0.626. The van der Waals surface area contributed by atoms with Crippen molar-refractivity contribution >= 4 is 76.1 Å². The second kappa shape index (κ2) is 15.2. The smallest absolute Gasteiger partial charge is 0.160 e. The number of hydrogen-bond donors (Lipinski definition) is 0. The third kappa shape index (κ3) is 6.08. The van der Waals surface area contributed by atoms with Gasteiger partial charge in [0.05, 0.1) is 22.4 Å². The molecule has 0 saturated heterocycles. The molecule has 11 aromatic carbocycles. The largest absolute Gasteiger partial charge is 0.455 e. The van der Waals surface area contributed by atoms with Gasteiger partial charge >= 0.3 is 0 Å². The molecule has 14 aromatic rings. The Morgan fingerprint density at radius 2 is 0.838 bits per heavy atom. The van der Waals surface area contributed by atoms with Crippen molar-refractivity contribution in [1.29, 1.82) is 0 Å². The summed E-state index contributed by atoms with van der Waals surface area (Å²) in [5, 5.41) is 12.0. The molecule has 0 amide bonds. The Morgan fingerprint density at radius 1 is 0.294 bits per heavy atom. The molecule has 0 fully saturated rings. The third-order valence-corrected chi connectivity index (χ3v) is 13.8. The number of para-hydroxylation sites is 3. The summed E-state index contributed by atoms with van der Waals surface area (Å²) >= 11 is 0. The van der Waals surface area contributed by atoms with Crippen LogP contribution in [0.25, 0.3) is 138 Å². The summed E-state index contributed by atoms with van der Waals surface area (Å²) in [5.41, 5.74) is 13.9. The minimum atomic E-state index is 0.626. The van der Waals surface area contributed by atoms with Crippen LogP contribution in [-0.2, 0) is 0 Å². The Bertz CT molecular complexity index is 4280. The zero-order chi connectivity index (χ0) is 44.7. The molecule has 14 rings (SSSR count). The summed E-state index contributed by atoms with van der Waals surface area (Å²) in [6, 6.07) is 84.7. The predicted molar refractivity (Wildman–Crippen MR) is 283 cm³/mol. The van der Waals surface area contributed by atoms with Gasteiger partial charge in [-0.05, 0) is 109 Å². The molecular formula is C64H39N3O. The normalized spacial score (nSPS) is 11.8. The molecule has 0 spiro atoms. The number of rotatable bonds is 6. The SMILES string of the molecule is c1ccc(-c2ccc3c4ccccc4n(-c4cc(-c5ccc6c7ccccc7c7ccccc7c6c5)cc(-c5nc(-c6ccccc6)cc(-c6cccc7c6oc6ccccc67)n5)c4)c3c2)cc1. The van der Waals surface area contributed by atoms with E-state index in [0.29, 0.717) is 5.82 Å². The fourth-order valence-electron chi connectivity index (χ4n) is 10.6. The highest BCUT2D eigenvalue weighted by atomic mass is 16.3. The molecule has 0 aliphatic carbocycles. The fraction of sp³-hybridized carbons (Fsp3) is 0. The number of furan rings is 1. The Kier molecular flexibility index (Phi) is 8.55. The molecule has 0 N–H and O–H groups in total. The highest BCUT2D eigenvalue weighted by Gasteiger charge is 2.20. The van der Waals surface area contributed by atoms with Crippen LogP contribution in [0.2, 0.25) is 0 Å². The summed E-state index contributed by atoms with van der Waals surface area (Å²) < 4.78 is 9.05. The number of aromatic nitrogens is 3. The van der Waals surface area contributed by atoms with Crippen molar-refractivity contribution in [3.05, 3.63) is 237 Å². The van der Waals surface area contributed by atoms with Crippen molar-refractivity contribution in [3.8, 4) is 61.8 Å². The number of fused-ring (bicyclic) bond motifs is 12. The van der Waals surface area contributed by atoms with Gasteiger partial charge in [0.15, 0.2) is 5.82 Å². The minimum Gasteiger partial charge on any atom is -0.455 e. The van der Waals surface area contributed by atoms with Gasteiger partial charge in [0, 0.05) is 43.9 Å². The molecule has 316 valence electrons. The summed E-state index contributed by atoms with van der Waals surface area (Å²) in [5.74, 6) is 0.626. The van der Waals surface area contributed by atoms with Gasteiger partial charge in [0.2, 0.25) is 0 Å². The molecular weight excluding hydrogens is 827 g/mol. The van der Waals surface area contributed by atoms with E-state index in [4.69, 9.17) is 14.4 Å². The quantitative estimate of drug-likeness (QED) is 0.156. The van der Waals surface area contributed by atoms with Gasteiger partial charge in [0.25, 0.3) is 0 Å². The fourth-order valence-corrected chi connectivity index (χ4v) is 10.6. The number of nitrogens with zero attached hydrogens (tertiary/aromatic N) is 3. The van der Waals surface area contributed by atoms with E-state index in [1.54, 1.807) is 0 Å². The van der Waals surface area contributed by atoms with Crippen LogP contribution in [0.3, 0.4) is 0 Å². The van der Waals surface area contributed by atoms with E-state index >= 15 is 0 Å². The molecule has 3 aromatic heterocycles. The van der Waals surface area contributed by atoms with Gasteiger partial charge in [-0.2, -0.15) is 0 Å². The van der Waals surface area contributed by atoms with Crippen molar-refractivity contribution < 1.29 is 4.42 Å². The standard InChI is InChI=1S/C64H39N3O/c1-3-16-40(17-4-1)43-31-33-53-52-24-11-13-28-60(52)67(61(53)38-43)46-35-44(42-30-32-51-49-22-8-7-20-47(49)48-21-9-10-23-50(48)57(51)37-42)34-45(36-46)64-65-58(41-18-5-2-6-19-41)39-59(66-64)56-27-15-26-55-54-25-12-14-29-62(54)68-63(55)56/h1-39H. The second-order valence-corrected chi connectivity index (χ2v) is 17.7. The zero-order valence-electron chi connectivity index (χ0n) is 36.8. The lowest BCUT2D eigenvalue weighted by atomic mass is 9.91. The van der Waals surface area contributed by atoms with Crippen LogP contribution in [0.1, 0.15) is 0 Å². The molecule has 0 unspecified atom stereocenters. The van der Waals surface area contributed by atoms with Gasteiger partial charge in [0.1, 0.15) is 11.2 Å². The Morgan fingerprint density at radius 3 is 1.59 bits per heavy atom. The Balaban J connectivity index is 1.06. The van der Waals surface area contributed by atoms with Crippen LogP contribution in [-0.4, -0.2) is 14.5 Å². The van der Waals surface area contributed by atoms with E-state index in [2.05, 4.69) is 223 Å². The summed E-state index contributed by atoms with van der Waals surface area (Å²) in [6.45, 7) is 0. The molecule has 0 bridgehead atoms. The van der Waals surface area contributed by atoms with Gasteiger partial charge in [-0.3, -0.25) is 0 Å². The number of hydrogen-bond acceptors (Lipinski definition) is 3. The van der Waals surface area contributed by atoms with Crippen molar-refractivity contribution in [3.63, 3.8) is 0 Å². The lowest BCUT2D eigenvalue weighted by Crippen LogP contribution is -1.99. The molecule has 4 nitrogen and oxygen atoms in total. The maximum Gasteiger partial charge on any atom is 0.160 e. The molecule has 0 radical (unpaired) electrons. The van der Waals surface area contributed by atoms with E-state index in [9.17, 15) is 0 Å². The molecule has 68 heavy (non-hydrogen) atoms. The zero-order valence-corrected chi connectivity index (χ0v) is 36.8. The van der Waals surface area contributed by atoms with Gasteiger partial charge in [-0.15, -0.1) is 0 Å². The topological polar surface area (TPSA) is 43.9 Å². The van der Waals surface area contributed by atoms with Crippen LogP contribution in [0.5, 0.6) is 0 Å². The average Bonchev–Trinajstić information content (AvgIpc) is 3.97. The lowest BCUT2D eigenvalue weighted by Gasteiger charge is -2.16. The van der Waals surface area contributed by atoms with E-state index in [1.165, 1.54) is 48.7 Å². The van der Waals surface area contributed by atoms with Crippen LogP contribution >= 0.6 is 0 Å². The van der Waals surface area contributed by atoms with Crippen LogP contribution in [0.15, 0.2) is 241 Å². The summed E-state index contributed by atoms with van der Waals surface area (Å²) in [4.78, 5) is 10.9. The van der Waals surface area contributed by atoms with Crippen molar-refractivity contribution in [2.45, 2.75) is 0 Å². The first-order valence-corrected chi connectivity index (χ1v) is 23.1. The van der Waals surface area contributed by atoms with Crippen molar-refractivity contribution in [2.75, 3.05) is 0 Å². The maximum absolute atomic E-state index is 6.63. The molecule has 0 aliphatic rings. The average molecular weight is 866 g/mol. The maximum atomic E-state index is 6.63. The van der Waals surface area contributed by atoms with E-state index in [0.717, 1.165) is 83.4 Å². The summed E-state index contributed by atoms with van der Waals surface area (Å²) in [6.07, 6.45) is 0. The van der Waals surface area contributed by atoms with E-state index < -0.39 is 0 Å². The van der Waals surface area contributed by atoms with Gasteiger partial charge in [-0.1, -0.05) is 182 Å². The first-order valence-electron chi connectivity index (χ1n) is 23.1. The van der Waals surface area contributed by atoms with E-state index in [-0.39, 0.29) is 0 Å². The third-order valence-electron chi connectivity index (χ3n) is 13.8. The number of benzene rings is 11. The van der Waals surface area contributed by atoms with Gasteiger partial charge in [-0.25, -0.2) is 9.97 Å². The molecule has 3 heterocycles. The Labute approximate surface area is 391 Å². The lowest BCUT2D eigenvalue weighted by molar-refractivity contribution is 0.670. The van der Waals surface area contributed by atoms with Gasteiger partial charge < -0.3 is 8.98 Å². The van der Waals surface area contributed by atoms with Crippen molar-refractivity contribution in [1.82, 2.24) is 14.5 Å². The van der Waals surface area contributed by atoms with Crippen LogP contribution < -0.4 is 0 Å². The van der Waals surface area contributed by atoms with Crippen LogP contribution in [0, 0.1) is 0 Å². The van der Waals surface area contributed by atoms with Crippen molar-refractivity contribution in [2.24, 2.45) is 0 Å². The monoisotopic (exact) mass is 865 g/mol. The molecule has 4 heteroatoms. The highest BCUT2D eigenvalue weighted by Crippen LogP contribution is 2.42. The second-order valence-electron chi connectivity index (χ2n) is 17.7. The molecule has 0 saturated carbocycles. The molecule has 0 aliphatic heterocycles. The Hall–Kier alpha value is -9.12. The first-order chi connectivity index (χ1) is 33.7.